The molecule has 1 N–H and O–H groups in total. The smallest absolute Gasteiger partial charge is 0.269 e. The van der Waals surface area contributed by atoms with E-state index in [0.717, 1.165) is 5.56 Å². The number of benzene rings is 1. The van der Waals surface area contributed by atoms with Crippen molar-refractivity contribution in [1.29, 1.82) is 0 Å². The predicted molar refractivity (Wildman–Crippen MR) is 46.4 cm³/mol. The van der Waals surface area contributed by atoms with Crippen molar-refractivity contribution in [3.05, 3.63) is 47.5 Å². The summed E-state index contributed by atoms with van der Waals surface area (Å²) in [5.41, 5.74) is 1.50. The molecule has 0 heterocycles. The molecule has 0 aliphatic heterocycles. The summed E-state index contributed by atoms with van der Waals surface area (Å²) in [7, 11) is 0. The van der Waals surface area contributed by atoms with Crippen LogP contribution in [-0.4, -0.2) is 5.11 Å². The van der Waals surface area contributed by atoms with Gasteiger partial charge in [0, 0.05) is 6.08 Å². The van der Waals surface area contributed by atoms with Gasteiger partial charge in [-0.2, -0.15) is 8.78 Å². The zero-order chi connectivity index (χ0) is 9.84. The molecule has 0 bridgehead atoms. The van der Waals surface area contributed by atoms with Gasteiger partial charge in [-0.1, -0.05) is 29.8 Å². The lowest BCUT2D eigenvalue weighted by Gasteiger charge is -2.04. The molecule has 0 fully saturated rings. The van der Waals surface area contributed by atoms with E-state index < -0.39 is 12.2 Å². The third-order valence-electron chi connectivity index (χ3n) is 1.70. The first-order valence-corrected chi connectivity index (χ1v) is 3.87. The van der Waals surface area contributed by atoms with E-state index >= 15 is 0 Å². The molecule has 1 aromatic rings. The fraction of sp³-hybridized carbons (Fsp3) is 0.200. The monoisotopic (exact) mass is 184 g/mol. The van der Waals surface area contributed by atoms with E-state index in [1.165, 1.54) is 0 Å². The molecule has 13 heavy (non-hydrogen) atoms. The largest absolute Gasteiger partial charge is 0.384 e. The number of hydrogen-bond donors (Lipinski definition) is 1. The number of aliphatic hydroxyl groups excluding tert-OH is 1. The van der Waals surface area contributed by atoms with Gasteiger partial charge in [-0.05, 0) is 12.5 Å². The van der Waals surface area contributed by atoms with Gasteiger partial charge in [0.15, 0.2) is 0 Å². The molecule has 0 aromatic heterocycles. The summed E-state index contributed by atoms with van der Waals surface area (Å²) in [4.78, 5) is 0. The van der Waals surface area contributed by atoms with Gasteiger partial charge in [-0.25, -0.2) is 0 Å². The maximum absolute atomic E-state index is 11.8. The van der Waals surface area contributed by atoms with Crippen LogP contribution in [-0.2, 0) is 0 Å². The van der Waals surface area contributed by atoms with Crippen molar-refractivity contribution in [3.63, 3.8) is 0 Å². The van der Waals surface area contributed by atoms with E-state index in [4.69, 9.17) is 0 Å². The van der Waals surface area contributed by atoms with Crippen molar-refractivity contribution < 1.29 is 13.9 Å². The Bertz CT molecular complexity index is 299. The van der Waals surface area contributed by atoms with Gasteiger partial charge in [-0.3, -0.25) is 0 Å². The minimum atomic E-state index is -1.87. The summed E-state index contributed by atoms with van der Waals surface area (Å²) in [5.74, 6) is 0. The van der Waals surface area contributed by atoms with Gasteiger partial charge in [0.05, 0.1) is 0 Å². The normalized spacial score (nSPS) is 12.3. The molecule has 1 nitrogen and oxygen atoms in total. The third kappa shape index (κ3) is 2.95. The van der Waals surface area contributed by atoms with Crippen molar-refractivity contribution in [2.45, 2.75) is 13.0 Å². The maximum Gasteiger partial charge on any atom is 0.269 e. The Hall–Kier alpha value is -1.22. The molecule has 70 valence electrons. The SMILES string of the molecule is Cc1ccc(C(O)C=C(F)F)cc1. The quantitative estimate of drug-likeness (QED) is 0.749. The molecule has 1 unspecified atom stereocenters. The highest BCUT2D eigenvalue weighted by atomic mass is 19.3. The lowest BCUT2D eigenvalue weighted by atomic mass is 10.1. The molecule has 0 saturated heterocycles. The van der Waals surface area contributed by atoms with E-state index in [0.29, 0.717) is 11.6 Å². The number of rotatable bonds is 2. The van der Waals surface area contributed by atoms with Crippen LogP contribution in [0.15, 0.2) is 36.4 Å². The van der Waals surface area contributed by atoms with E-state index in [1.54, 1.807) is 24.3 Å². The van der Waals surface area contributed by atoms with Crippen molar-refractivity contribution in [1.82, 2.24) is 0 Å². The van der Waals surface area contributed by atoms with Crippen molar-refractivity contribution in [2.75, 3.05) is 0 Å². The molecule has 0 saturated carbocycles. The number of hydrogen-bond acceptors (Lipinski definition) is 1. The molecule has 0 aliphatic rings. The fourth-order valence-electron chi connectivity index (χ4n) is 0.979. The summed E-state index contributed by atoms with van der Waals surface area (Å²) in [6.07, 6.45) is -2.57. The van der Waals surface area contributed by atoms with Crippen LogP contribution in [0.1, 0.15) is 17.2 Å². The highest BCUT2D eigenvalue weighted by molar-refractivity contribution is 5.25. The Kier molecular flexibility index (Phi) is 3.14. The Morgan fingerprint density at radius 3 is 2.31 bits per heavy atom. The van der Waals surface area contributed by atoms with E-state index in [2.05, 4.69) is 0 Å². The highest BCUT2D eigenvalue weighted by Gasteiger charge is 2.04. The molecule has 3 heteroatoms. The molecular formula is C10H10F2O. The zero-order valence-electron chi connectivity index (χ0n) is 7.17. The molecule has 1 aromatic carbocycles. The predicted octanol–water partition coefficient (Wildman–Crippen LogP) is 2.81. The van der Waals surface area contributed by atoms with Crippen molar-refractivity contribution >= 4 is 0 Å². The highest BCUT2D eigenvalue weighted by Crippen LogP contribution is 2.17. The summed E-state index contributed by atoms with van der Waals surface area (Å²) >= 11 is 0. The van der Waals surface area contributed by atoms with E-state index in [1.807, 2.05) is 6.92 Å². The topological polar surface area (TPSA) is 20.2 Å². The fourth-order valence-corrected chi connectivity index (χ4v) is 0.979. The van der Waals surface area contributed by atoms with Gasteiger partial charge >= 0.3 is 0 Å². The van der Waals surface area contributed by atoms with Gasteiger partial charge in [0.1, 0.15) is 6.10 Å². The number of aryl methyl sites for hydroxylation is 1. The summed E-state index contributed by atoms with van der Waals surface area (Å²) in [5, 5.41) is 9.23. The van der Waals surface area contributed by atoms with Crippen molar-refractivity contribution in [2.24, 2.45) is 0 Å². The Morgan fingerprint density at radius 1 is 1.31 bits per heavy atom. The number of aliphatic hydroxyl groups is 1. The number of halogens is 2. The Morgan fingerprint density at radius 2 is 1.85 bits per heavy atom. The second-order valence-corrected chi connectivity index (χ2v) is 2.81. The standard InChI is InChI=1S/C10H10F2O/c1-7-2-4-8(5-3-7)9(13)6-10(11)12/h2-6,9,13H,1H3. The molecular weight excluding hydrogens is 174 g/mol. The molecule has 1 rings (SSSR count). The minimum Gasteiger partial charge on any atom is -0.384 e. The van der Waals surface area contributed by atoms with Crippen LogP contribution in [0.5, 0.6) is 0 Å². The first-order chi connectivity index (χ1) is 6.09. The van der Waals surface area contributed by atoms with Crippen LogP contribution < -0.4 is 0 Å². The van der Waals surface area contributed by atoms with Gasteiger partial charge < -0.3 is 5.11 Å². The van der Waals surface area contributed by atoms with Gasteiger partial charge in [-0.15, -0.1) is 0 Å². The lowest BCUT2D eigenvalue weighted by molar-refractivity contribution is 0.220. The van der Waals surface area contributed by atoms with Crippen molar-refractivity contribution in [3.8, 4) is 0 Å². The van der Waals surface area contributed by atoms with Crippen LogP contribution in [0.3, 0.4) is 0 Å². The third-order valence-corrected chi connectivity index (χ3v) is 1.70. The van der Waals surface area contributed by atoms with Crippen LogP contribution >= 0.6 is 0 Å². The average Bonchev–Trinajstić information content (AvgIpc) is 2.04. The van der Waals surface area contributed by atoms with E-state index in [9.17, 15) is 13.9 Å². The molecule has 0 radical (unpaired) electrons. The Balaban J connectivity index is 2.83. The second-order valence-electron chi connectivity index (χ2n) is 2.81. The van der Waals surface area contributed by atoms with Gasteiger partial charge in [0.25, 0.3) is 6.08 Å². The zero-order valence-corrected chi connectivity index (χ0v) is 7.17. The first kappa shape index (κ1) is 9.86. The molecule has 1 atom stereocenters. The van der Waals surface area contributed by atoms with Crippen LogP contribution in [0, 0.1) is 6.92 Å². The van der Waals surface area contributed by atoms with Crippen LogP contribution in [0.2, 0.25) is 0 Å². The molecule has 0 aliphatic carbocycles. The van der Waals surface area contributed by atoms with Gasteiger partial charge in [0.2, 0.25) is 0 Å². The minimum absolute atomic E-state index is 0.471. The molecule has 0 amide bonds. The maximum atomic E-state index is 11.8. The Labute approximate surface area is 75.3 Å². The first-order valence-electron chi connectivity index (χ1n) is 3.87. The average molecular weight is 184 g/mol. The lowest BCUT2D eigenvalue weighted by Crippen LogP contribution is -1.92. The van der Waals surface area contributed by atoms with E-state index in [-0.39, 0.29) is 0 Å². The molecule has 0 spiro atoms. The summed E-state index contributed by atoms with van der Waals surface area (Å²) in [6, 6.07) is 6.78. The second kappa shape index (κ2) is 4.14. The summed E-state index contributed by atoms with van der Waals surface area (Å²) < 4.78 is 23.5. The summed E-state index contributed by atoms with van der Waals surface area (Å²) in [6.45, 7) is 1.89. The van der Waals surface area contributed by atoms with Crippen LogP contribution in [0.4, 0.5) is 8.78 Å². The van der Waals surface area contributed by atoms with Crippen LogP contribution in [0.25, 0.3) is 0 Å².